The number of pyridine rings is 1. The number of rotatable bonds is 4. The van der Waals surface area contributed by atoms with E-state index in [0.29, 0.717) is 16.4 Å². The molecule has 1 aromatic heterocycles. The zero-order valence-electron chi connectivity index (χ0n) is 10.3. The van der Waals surface area contributed by atoms with Crippen LogP contribution >= 0.6 is 11.6 Å². The third-order valence-electron chi connectivity index (χ3n) is 2.66. The van der Waals surface area contributed by atoms with Crippen LogP contribution in [0.1, 0.15) is 15.9 Å². The number of ketones is 1. The van der Waals surface area contributed by atoms with Crippen LogP contribution in [0.4, 0.5) is 5.82 Å². The number of nitrogens with zero attached hydrogens (tertiary/aromatic N) is 1. The normalized spacial score (nSPS) is 11.9. The van der Waals surface area contributed by atoms with Crippen molar-refractivity contribution >= 4 is 23.2 Å². The topological polar surface area (TPSA) is 62.2 Å². The van der Waals surface area contributed by atoms with E-state index >= 15 is 0 Å². The van der Waals surface area contributed by atoms with E-state index < -0.39 is 12.0 Å². The van der Waals surface area contributed by atoms with Crippen LogP contribution in [0, 0.1) is 6.92 Å². The molecule has 2 aromatic rings. The Morgan fingerprint density at radius 2 is 2.00 bits per heavy atom. The van der Waals surface area contributed by atoms with E-state index in [2.05, 4.69) is 10.3 Å². The molecule has 1 unspecified atom stereocenters. The fourth-order valence-electron chi connectivity index (χ4n) is 1.60. The van der Waals surface area contributed by atoms with Crippen molar-refractivity contribution in [1.82, 2.24) is 4.98 Å². The van der Waals surface area contributed by atoms with Crippen molar-refractivity contribution in [1.29, 1.82) is 0 Å². The zero-order valence-corrected chi connectivity index (χ0v) is 11.1. The molecular weight excluding hydrogens is 264 g/mol. The molecule has 0 spiro atoms. The molecule has 0 bridgehead atoms. The van der Waals surface area contributed by atoms with Crippen LogP contribution in [-0.4, -0.2) is 22.1 Å². The highest BCUT2D eigenvalue weighted by molar-refractivity contribution is 6.30. The number of halogens is 1. The summed E-state index contributed by atoms with van der Waals surface area (Å²) in [5, 5.41) is 13.1. The molecule has 0 aliphatic rings. The molecule has 0 saturated heterocycles. The second-order valence-electron chi connectivity index (χ2n) is 4.09. The Morgan fingerprint density at radius 3 is 2.63 bits per heavy atom. The lowest BCUT2D eigenvalue weighted by atomic mass is 10.1. The van der Waals surface area contributed by atoms with Gasteiger partial charge in [0, 0.05) is 16.8 Å². The Balaban J connectivity index is 2.12. The maximum absolute atomic E-state index is 12.0. The van der Waals surface area contributed by atoms with Gasteiger partial charge in [-0.3, -0.25) is 4.79 Å². The average molecular weight is 277 g/mol. The van der Waals surface area contributed by atoms with Gasteiger partial charge in [0.15, 0.2) is 6.23 Å². The van der Waals surface area contributed by atoms with E-state index in [1.54, 1.807) is 36.5 Å². The van der Waals surface area contributed by atoms with Crippen molar-refractivity contribution < 1.29 is 9.90 Å². The molecule has 4 nitrogen and oxygen atoms in total. The smallest absolute Gasteiger partial charge is 0.211 e. The van der Waals surface area contributed by atoms with E-state index in [1.807, 2.05) is 13.0 Å². The van der Waals surface area contributed by atoms with E-state index in [0.717, 1.165) is 5.56 Å². The summed E-state index contributed by atoms with van der Waals surface area (Å²) in [4.78, 5) is 16.1. The van der Waals surface area contributed by atoms with Crippen molar-refractivity contribution in [2.75, 3.05) is 5.32 Å². The first-order valence-corrected chi connectivity index (χ1v) is 6.12. The van der Waals surface area contributed by atoms with Crippen LogP contribution in [0.5, 0.6) is 0 Å². The largest absolute Gasteiger partial charge is 0.367 e. The van der Waals surface area contributed by atoms with Crippen LogP contribution in [-0.2, 0) is 0 Å². The summed E-state index contributed by atoms with van der Waals surface area (Å²) < 4.78 is 0. The number of aliphatic hydroxyl groups excluding tert-OH is 1. The average Bonchev–Trinajstić information content (AvgIpc) is 2.41. The summed E-state index contributed by atoms with van der Waals surface area (Å²) in [6.07, 6.45) is 0.254. The standard InChI is InChI=1S/C14H13ClN2O2/c1-9-3-2-8-16-13(9)17-14(19)12(18)10-4-6-11(15)7-5-10/h2-8,14,19H,1H3,(H,16,17). The number of hydrogen-bond donors (Lipinski definition) is 2. The van der Waals surface area contributed by atoms with Gasteiger partial charge in [-0.2, -0.15) is 0 Å². The van der Waals surface area contributed by atoms with Crippen LogP contribution in [0.25, 0.3) is 0 Å². The number of nitrogens with one attached hydrogen (secondary N) is 1. The molecule has 0 aliphatic carbocycles. The van der Waals surface area contributed by atoms with Gasteiger partial charge in [-0.1, -0.05) is 17.7 Å². The first kappa shape index (κ1) is 13.5. The minimum Gasteiger partial charge on any atom is -0.367 e. The number of aliphatic hydroxyl groups is 1. The van der Waals surface area contributed by atoms with Crippen LogP contribution in [0.15, 0.2) is 42.6 Å². The maximum atomic E-state index is 12.0. The molecule has 0 radical (unpaired) electrons. The van der Waals surface area contributed by atoms with Gasteiger partial charge in [-0.15, -0.1) is 0 Å². The van der Waals surface area contributed by atoms with Gasteiger partial charge in [0.25, 0.3) is 0 Å². The van der Waals surface area contributed by atoms with Crippen molar-refractivity contribution in [2.45, 2.75) is 13.2 Å². The van der Waals surface area contributed by atoms with Crippen LogP contribution in [0.3, 0.4) is 0 Å². The van der Waals surface area contributed by atoms with E-state index in [9.17, 15) is 9.90 Å². The van der Waals surface area contributed by atoms with Crippen LogP contribution < -0.4 is 5.32 Å². The summed E-state index contributed by atoms with van der Waals surface area (Å²) in [5.41, 5.74) is 1.24. The van der Waals surface area contributed by atoms with Gasteiger partial charge in [0.05, 0.1) is 0 Å². The summed E-state index contributed by atoms with van der Waals surface area (Å²) in [6.45, 7) is 1.84. The quantitative estimate of drug-likeness (QED) is 0.666. The first-order chi connectivity index (χ1) is 9.08. The van der Waals surface area contributed by atoms with Gasteiger partial charge in [-0.25, -0.2) is 4.98 Å². The summed E-state index contributed by atoms with van der Waals surface area (Å²) in [5.74, 6) is 0.0547. The molecule has 2 N–H and O–H groups in total. The molecule has 98 valence electrons. The fraction of sp³-hybridized carbons (Fsp3) is 0.143. The Hall–Kier alpha value is -1.91. The fourth-order valence-corrected chi connectivity index (χ4v) is 1.73. The zero-order chi connectivity index (χ0) is 13.8. The molecule has 0 amide bonds. The molecule has 1 aromatic carbocycles. The Labute approximate surface area is 116 Å². The monoisotopic (exact) mass is 276 g/mol. The molecule has 0 saturated carbocycles. The number of aryl methyl sites for hydroxylation is 1. The second-order valence-corrected chi connectivity index (χ2v) is 4.52. The summed E-state index contributed by atoms with van der Waals surface area (Å²) in [6, 6.07) is 9.98. The number of aromatic nitrogens is 1. The highest BCUT2D eigenvalue weighted by Crippen LogP contribution is 2.14. The van der Waals surface area contributed by atoms with Crippen LogP contribution in [0.2, 0.25) is 5.02 Å². The molecule has 1 heterocycles. The van der Waals surface area contributed by atoms with E-state index in [-0.39, 0.29) is 0 Å². The molecule has 19 heavy (non-hydrogen) atoms. The Bertz CT molecular complexity index is 584. The minimum absolute atomic E-state index is 0.387. The first-order valence-electron chi connectivity index (χ1n) is 5.74. The third-order valence-corrected chi connectivity index (χ3v) is 2.91. The lowest BCUT2D eigenvalue weighted by Crippen LogP contribution is -2.29. The summed E-state index contributed by atoms with van der Waals surface area (Å²) >= 11 is 5.75. The number of carbonyl (C=O) groups excluding carboxylic acids is 1. The molecule has 1 atom stereocenters. The Morgan fingerprint density at radius 1 is 1.32 bits per heavy atom. The SMILES string of the molecule is Cc1cccnc1NC(O)C(=O)c1ccc(Cl)cc1. The Kier molecular flexibility index (Phi) is 4.14. The molecular formula is C14H13ClN2O2. The molecule has 2 rings (SSSR count). The van der Waals surface area contributed by atoms with Crippen molar-refractivity contribution in [2.24, 2.45) is 0 Å². The lowest BCUT2D eigenvalue weighted by molar-refractivity contribution is 0.0793. The van der Waals surface area contributed by atoms with Gasteiger partial charge < -0.3 is 10.4 Å². The number of anilines is 1. The van der Waals surface area contributed by atoms with Gasteiger partial charge in [-0.05, 0) is 42.8 Å². The van der Waals surface area contributed by atoms with Gasteiger partial charge in [0.1, 0.15) is 5.82 Å². The molecule has 0 fully saturated rings. The summed E-state index contributed by atoms with van der Waals surface area (Å²) in [7, 11) is 0. The number of carbonyl (C=O) groups is 1. The van der Waals surface area contributed by atoms with E-state index in [1.165, 1.54) is 0 Å². The highest BCUT2D eigenvalue weighted by Gasteiger charge is 2.17. The maximum Gasteiger partial charge on any atom is 0.211 e. The number of Topliss-reactive ketones (excluding diaryl/α,β-unsaturated/α-hetero) is 1. The van der Waals surface area contributed by atoms with Crippen molar-refractivity contribution in [3.63, 3.8) is 0 Å². The van der Waals surface area contributed by atoms with Gasteiger partial charge in [0.2, 0.25) is 5.78 Å². The van der Waals surface area contributed by atoms with Crippen molar-refractivity contribution in [3.8, 4) is 0 Å². The highest BCUT2D eigenvalue weighted by atomic mass is 35.5. The predicted octanol–water partition coefficient (Wildman–Crippen LogP) is 2.66. The van der Waals surface area contributed by atoms with Crippen molar-refractivity contribution in [3.05, 3.63) is 58.7 Å². The third kappa shape index (κ3) is 3.30. The molecule has 5 heteroatoms. The number of hydrogen-bond acceptors (Lipinski definition) is 4. The molecule has 0 aliphatic heterocycles. The van der Waals surface area contributed by atoms with Gasteiger partial charge >= 0.3 is 0 Å². The lowest BCUT2D eigenvalue weighted by Gasteiger charge is -2.13. The second kappa shape index (κ2) is 5.82. The predicted molar refractivity (Wildman–Crippen MR) is 74.4 cm³/mol. The minimum atomic E-state index is -1.34. The van der Waals surface area contributed by atoms with E-state index in [4.69, 9.17) is 11.6 Å². The number of benzene rings is 1.